The molecule has 0 spiro atoms. The number of carbonyl (C=O) groups excluding carboxylic acids is 2. The number of carbonyl (C=O) groups is 2. The second-order valence-corrected chi connectivity index (χ2v) is 12.5. The Morgan fingerprint density at radius 2 is 1.89 bits per heavy atom. The molecule has 192 valence electrons. The number of thiophene rings is 1. The predicted molar refractivity (Wildman–Crippen MR) is 141 cm³/mol. The molecule has 0 aliphatic carbocycles. The van der Waals surface area contributed by atoms with E-state index < -0.39 is 21.5 Å². The van der Waals surface area contributed by atoms with E-state index >= 15 is 0 Å². The van der Waals surface area contributed by atoms with Crippen LogP contribution in [0.3, 0.4) is 0 Å². The number of fused-ring (bicyclic) bond motifs is 5. The number of nitrogens with one attached hydrogen (secondary N) is 2. The molecule has 11 nitrogen and oxygen atoms in total. The number of ether oxygens (including phenoxy) is 1. The molecule has 4 aromatic rings. The van der Waals surface area contributed by atoms with Crippen LogP contribution in [-0.4, -0.2) is 60.3 Å². The molecule has 1 aliphatic heterocycles. The van der Waals surface area contributed by atoms with E-state index in [0.717, 1.165) is 21.7 Å². The second kappa shape index (κ2) is 8.92. The van der Waals surface area contributed by atoms with Gasteiger partial charge in [-0.2, -0.15) is 0 Å². The molecular formula is C24H24N6O5S2. The summed E-state index contributed by atoms with van der Waals surface area (Å²) in [5.41, 5.74) is 0.421. The molecule has 0 saturated carbocycles. The summed E-state index contributed by atoms with van der Waals surface area (Å²) < 4.78 is 30.1. The van der Waals surface area contributed by atoms with Crippen LogP contribution in [0.5, 0.6) is 0 Å². The maximum Gasteiger partial charge on any atom is 0.414 e. The van der Waals surface area contributed by atoms with Crippen LogP contribution >= 0.6 is 11.3 Å². The molecule has 2 amide bonds. The normalized spacial score (nSPS) is 14.3. The number of sulfone groups is 1. The summed E-state index contributed by atoms with van der Waals surface area (Å²) in [6.07, 6.45) is 1.86. The van der Waals surface area contributed by atoms with E-state index in [0.29, 0.717) is 28.4 Å². The Morgan fingerprint density at radius 1 is 1.14 bits per heavy atom. The molecule has 0 saturated heterocycles. The number of rotatable bonds is 3. The third kappa shape index (κ3) is 4.91. The lowest BCUT2D eigenvalue weighted by Gasteiger charge is -2.26. The second-order valence-electron chi connectivity index (χ2n) is 9.49. The third-order valence-electron chi connectivity index (χ3n) is 5.43. The van der Waals surface area contributed by atoms with Crippen LogP contribution in [0.2, 0.25) is 0 Å². The lowest BCUT2D eigenvalue weighted by molar-refractivity contribution is 0.0581. The van der Waals surface area contributed by atoms with Crippen molar-refractivity contribution >= 4 is 71.5 Å². The number of pyridine rings is 1. The summed E-state index contributed by atoms with van der Waals surface area (Å²) >= 11 is 1.31. The highest BCUT2D eigenvalue weighted by atomic mass is 32.2. The molecule has 0 unspecified atom stereocenters. The highest BCUT2D eigenvalue weighted by molar-refractivity contribution is 7.90. The predicted octanol–water partition coefficient (Wildman–Crippen LogP) is 3.87. The molecule has 0 radical (unpaired) electrons. The average molecular weight is 541 g/mol. The van der Waals surface area contributed by atoms with Crippen molar-refractivity contribution in [2.75, 3.05) is 29.6 Å². The van der Waals surface area contributed by atoms with Crippen LogP contribution in [-0.2, 0) is 14.6 Å². The number of benzene rings is 1. The molecule has 1 aromatic carbocycles. The van der Waals surface area contributed by atoms with Crippen LogP contribution in [0.4, 0.5) is 22.1 Å². The summed E-state index contributed by atoms with van der Waals surface area (Å²) in [6, 6.07) is 8.80. The summed E-state index contributed by atoms with van der Waals surface area (Å²) in [7, 11) is -3.57. The van der Waals surface area contributed by atoms with Crippen molar-refractivity contribution in [3.8, 4) is 0 Å². The number of hydrogen-bond donors (Lipinski definition) is 2. The fourth-order valence-corrected chi connectivity index (χ4v) is 5.61. The molecule has 0 fully saturated rings. The average Bonchev–Trinajstić information content (AvgIpc) is 3.12. The standard InChI is InChI=1S/C24H24N6O5S2/c1-24(2,3)35-23(32)30-12-11-25-21(31)20-19(30)18-13-5-8-16(27-14(13)6-7-15(18)36-20)28-17-9-10-26-22(29-17)37(4,33)34/h5-10H,11-12H2,1-4H3,(H,25,31)(H,26,27,28,29). The Bertz CT molecular complexity index is 1680. The zero-order valence-electron chi connectivity index (χ0n) is 20.5. The Morgan fingerprint density at radius 3 is 2.62 bits per heavy atom. The smallest absolute Gasteiger partial charge is 0.414 e. The SMILES string of the molecule is CC(C)(C)OC(=O)N1CCNC(=O)c2sc3ccc4nc(Nc5ccnc(S(C)(=O)=O)n5)ccc4c3c21. The summed E-state index contributed by atoms with van der Waals surface area (Å²) in [5.74, 6) is 0.473. The molecule has 0 atom stereocenters. The fourth-order valence-electron chi connectivity index (χ4n) is 3.96. The first kappa shape index (κ1) is 24.8. The molecule has 2 N–H and O–H groups in total. The maximum absolute atomic E-state index is 13.2. The minimum atomic E-state index is -3.57. The van der Waals surface area contributed by atoms with Crippen LogP contribution in [0, 0.1) is 0 Å². The van der Waals surface area contributed by atoms with Gasteiger partial charge in [-0.05, 0) is 51.1 Å². The van der Waals surface area contributed by atoms with Crippen molar-refractivity contribution in [2.45, 2.75) is 31.5 Å². The van der Waals surface area contributed by atoms with Crippen molar-refractivity contribution in [1.82, 2.24) is 20.3 Å². The summed E-state index contributed by atoms with van der Waals surface area (Å²) in [4.78, 5) is 40.5. The highest BCUT2D eigenvalue weighted by Crippen LogP contribution is 2.43. The Hall–Kier alpha value is -3.84. The molecule has 37 heavy (non-hydrogen) atoms. The van der Waals surface area contributed by atoms with Gasteiger partial charge in [-0.3, -0.25) is 9.69 Å². The van der Waals surface area contributed by atoms with Gasteiger partial charge in [0, 0.05) is 41.0 Å². The van der Waals surface area contributed by atoms with Crippen LogP contribution < -0.4 is 15.5 Å². The number of aromatic nitrogens is 3. The number of amides is 2. The lowest BCUT2D eigenvalue weighted by Crippen LogP contribution is -2.39. The topological polar surface area (TPSA) is 143 Å². The first-order chi connectivity index (χ1) is 17.4. The van der Waals surface area contributed by atoms with Gasteiger partial charge in [-0.1, -0.05) is 0 Å². The van der Waals surface area contributed by atoms with E-state index in [1.54, 1.807) is 32.9 Å². The van der Waals surface area contributed by atoms with E-state index in [9.17, 15) is 18.0 Å². The first-order valence-electron chi connectivity index (χ1n) is 11.4. The lowest BCUT2D eigenvalue weighted by atomic mass is 10.1. The summed E-state index contributed by atoms with van der Waals surface area (Å²) in [6.45, 7) is 5.95. The third-order valence-corrected chi connectivity index (χ3v) is 7.43. The molecular weight excluding hydrogens is 516 g/mol. The number of nitrogens with zero attached hydrogens (tertiary/aromatic N) is 4. The van der Waals surface area contributed by atoms with Crippen molar-refractivity contribution < 1.29 is 22.7 Å². The van der Waals surface area contributed by atoms with Gasteiger partial charge in [-0.25, -0.2) is 28.2 Å². The Balaban J connectivity index is 1.61. The van der Waals surface area contributed by atoms with E-state index in [-0.39, 0.29) is 23.4 Å². The molecule has 5 rings (SSSR count). The fraction of sp³-hybridized carbons (Fsp3) is 0.292. The van der Waals surface area contributed by atoms with E-state index in [1.165, 1.54) is 22.4 Å². The van der Waals surface area contributed by atoms with Gasteiger partial charge in [0.2, 0.25) is 15.0 Å². The molecule has 3 aromatic heterocycles. The van der Waals surface area contributed by atoms with Gasteiger partial charge < -0.3 is 15.4 Å². The van der Waals surface area contributed by atoms with E-state index in [1.807, 2.05) is 18.2 Å². The summed E-state index contributed by atoms with van der Waals surface area (Å²) in [5, 5.41) is 7.06. The molecule has 4 heterocycles. The number of hydrogen-bond acceptors (Lipinski definition) is 10. The van der Waals surface area contributed by atoms with Gasteiger partial charge in [0.05, 0.1) is 11.2 Å². The molecule has 1 aliphatic rings. The monoisotopic (exact) mass is 540 g/mol. The molecule has 0 bridgehead atoms. The minimum absolute atomic E-state index is 0.243. The maximum atomic E-state index is 13.2. The van der Waals surface area contributed by atoms with Crippen LogP contribution in [0.25, 0.3) is 21.0 Å². The first-order valence-corrected chi connectivity index (χ1v) is 14.1. The molecule has 13 heteroatoms. The van der Waals surface area contributed by atoms with Gasteiger partial charge in [0.25, 0.3) is 5.91 Å². The number of anilines is 3. The zero-order valence-corrected chi connectivity index (χ0v) is 22.2. The van der Waals surface area contributed by atoms with Gasteiger partial charge >= 0.3 is 6.09 Å². The van der Waals surface area contributed by atoms with Gasteiger partial charge in [0.1, 0.15) is 22.1 Å². The van der Waals surface area contributed by atoms with Crippen molar-refractivity contribution in [1.29, 1.82) is 0 Å². The quantitative estimate of drug-likeness (QED) is 0.370. The van der Waals surface area contributed by atoms with Crippen LogP contribution in [0.15, 0.2) is 41.7 Å². The van der Waals surface area contributed by atoms with Gasteiger partial charge in [-0.15, -0.1) is 11.3 Å². The van der Waals surface area contributed by atoms with Gasteiger partial charge in [0.15, 0.2) is 0 Å². The van der Waals surface area contributed by atoms with E-state index in [4.69, 9.17) is 4.74 Å². The van der Waals surface area contributed by atoms with E-state index in [2.05, 4.69) is 25.6 Å². The Labute approximate surface area is 216 Å². The Kier molecular flexibility index (Phi) is 5.99. The van der Waals surface area contributed by atoms with Crippen molar-refractivity contribution in [2.24, 2.45) is 0 Å². The largest absolute Gasteiger partial charge is 0.443 e. The highest BCUT2D eigenvalue weighted by Gasteiger charge is 2.33. The van der Waals surface area contributed by atoms with Crippen molar-refractivity contribution in [3.05, 3.63) is 41.4 Å². The zero-order chi connectivity index (χ0) is 26.5. The minimum Gasteiger partial charge on any atom is -0.443 e. The van der Waals surface area contributed by atoms with Crippen molar-refractivity contribution in [3.63, 3.8) is 0 Å². The van der Waals surface area contributed by atoms with Crippen LogP contribution in [0.1, 0.15) is 30.4 Å².